The molecule has 0 heterocycles. The zero-order chi connectivity index (χ0) is 11.3. The van der Waals surface area contributed by atoms with E-state index in [-0.39, 0.29) is 5.56 Å². The van der Waals surface area contributed by atoms with E-state index in [9.17, 15) is 4.79 Å². The van der Waals surface area contributed by atoms with Gasteiger partial charge in [-0.05, 0) is 36.8 Å². The van der Waals surface area contributed by atoms with Crippen molar-refractivity contribution in [3.8, 4) is 0 Å². The number of carboxylic acids is 1. The lowest BCUT2D eigenvalue weighted by atomic mass is 10.1. The van der Waals surface area contributed by atoms with Crippen LogP contribution in [0.25, 0.3) is 6.08 Å². The van der Waals surface area contributed by atoms with Crippen LogP contribution in [0.3, 0.4) is 0 Å². The van der Waals surface area contributed by atoms with Crippen LogP contribution in [0.5, 0.6) is 0 Å². The highest BCUT2D eigenvalue weighted by Crippen LogP contribution is 2.18. The van der Waals surface area contributed by atoms with Gasteiger partial charge in [-0.25, -0.2) is 4.79 Å². The lowest BCUT2D eigenvalue weighted by molar-refractivity contribution is 0.0696. The summed E-state index contributed by atoms with van der Waals surface area (Å²) in [5.74, 6) is -0.946. The maximum absolute atomic E-state index is 10.9. The summed E-state index contributed by atoms with van der Waals surface area (Å²) < 4.78 is 5.86. The first-order valence-corrected chi connectivity index (χ1v) is 5.25. The molecule has 0 aliphatic rings. The molecule has 0 saturated heterocycles. The minimum Gasteiger partial charge on any atom is -0.501 e. The molecule has 0 aliphatic carbocycles. The van der Waals surface area contributed by atoms with Gasteiger partial charge in [-0.1, -0.05) is 15.9 Å². The summed E-state index contributed by atoms with van der Waals surface area (Å²) in [5, 5.41) is 8.92. The van der Waals surface area contributed by atoms with E-state index in [1.54, 1.807) is 24.3 Å². The fourth-order valence-electron chi connectivity index (χ4n) is 1.08. The van der Waals surface area contributed by atoms with Crippen molar-refractivity contribution in [1.29, 1.82) is 0 Å². The Morgan fingerprint density at radius 1 is 1.60 bits per heavy atom. The standard InChI is InChI=1S/C11H11BrO3/c1-2-15-6-5-8-7-9(12)3-4-10(8)11(13)14/h3-7H,2H2,1H3,(H,13,14)/b6-5+. The Bertz CT molecular complexity index is 385. The van der Waals surface area contributed by atoms with Crippen LogP contribution in [-0.2, 0) is 4.74 Å². The van der Waals surface area contributed by atoms with Gasteiger partial charge in [0.05, 0.1) is 18.4 Å². The van der Waals surface area contributed by atoms with Crippen molar-refractivity contribution in [2.45, 2.75) is 6.92 Å². The molecule has 0 fully saturated rings. The highest BCUT2D eigenvalue weighted by molar-refractivity contribution is 9.10. The van der Waals surface area contributed by atoms with Crippen LogP contribution in [-0.4, -0.2) is 17.7 Å². The minimum atomic E-state index is -0.946. The number of carboxylic acid groups (broad SMARTS) is 1. The molecule has 15 heavy (non-hydrogen) atoms. The Hall–Kier alpha value is -1.29. The molecule has 0 unspecified atom stereocenters. The second-order valence-corrected chi connectivity index (χ2v) is 3.71. The Labute approximate surface area is 96.5 Å². The maximum atomic E-state index is 10.9. The number of benzene rings is 1. The average molecular weight is 271 g/mol. The van der Waals surface area contributed by atoms with Crippen molar-refractivity contribution < 1.29 is 14.6 Å². The van der Waals surface area contributed by atoms with Crippen LogP contribution < -0.4 is 0 Å². The first-order chi connectivity index (χ1) is 7.15. The molecule has 80 valence electrons. The summed E-state index contributed by atoms with van der Waals surface area (Å²) in [6, 6.07) is 4.98. The zero-order valence-electron chi connectivity index (χ0n) is 8.24. The van der Waals surface area contributed by atoms with Gasteiger partial charge in [-0.3, -0.25) is 0 Å². The molecule has 0 spiro atoms. The second kappa shape index (κ2) is 5.56. The molecular weight excluding hydrogens is 260 g/mol. The van der Waals surface area contributed by atoms with E-state index in [1.807, 2.05) is 6.92 Å². The Kier molecular flexibility index (Phi) is 4.37. The molecule has 1 rings (SSSR count). The quantitative estimate of drug-likeness (QED) is 0.855. The molecule has 0 aromatic heterocycles. The molecule has 0 aliphatic heterocycles. The first-order valence-electron chi connectivity index (χ1n) is 4.46. The Morgan fingerprint density at radius 2 is 2.33 bits per heavy atom. The van der Waals surface area contributed by atoms with E-state index in [4.69, 9.17) is 9.84 Å². The molecule has 0 amide bonds. The SMILES string of the molecule is CCO/C=C/c1cc(Br)ccc1C(=O)O. The smallest absolute Gasteiger partial charge is 0.336 e. The largest absolute Gasteiger partial charge is 0.501 e. The van der Waals surface area contributed by atoms with Crippen molar-refractivity contribution in [2.24, 2.45) is 0 Å². The van der Waals surface area contributed by atoms with Crippen LogP contribution in [0.4, 0.5) is 0 Å². The van der Waals surface area contributed by atoms with E-state index in [0.29, 0.717) is 12.2 Å². The number of halogens is 1. The molecule has 1 aromatic rings. The van der Waals surface area contributed by atoms with Crippen molar-refractivity contribution in [2.75, 3.05) is 6.61 Å². The number of rotatable bonds is 4. The predicted molar refractivity (Wildman–Crippen MR) is 61.8 cm³/mol. The van der Waals surface area contributed by atoms with Gasteiger partial charge in [-0.2, -0.15) is 0 Å². The van der Waals surface area contributed by atoms with Crippen LogP contribution in [0.15, 0.2) is 28.9 Å². The highest BCUT2D eigenvalue weighted by Gasteiger charge is 2.07. The minimum absolute atomic E-state index is 0.258. The Morgan fingerprint density at radius 3 is 2.93 bits per heavy atom. The van der Waals surface area contributed by atoms with Gasteiger partial charge in [-0.15, -0.1) is 0 Å². The van der Waals surface area contributed by atoms with Crippen molar-refractivity contribution in [3.63, 3.8) is 0 Å². The number of ether oxygens (including phenoxy) is 1. The van der Waals surface area contributed by atoms with Crippen LogP contribution in [0.2, 0.25) is 0 Å². The van der Waals surface area contributed by atoms with Crippen molar-refractivity contribution in [3.05, 3.63) is 40.1 Å². The van der Waals surface area contributed by atoms with Gasteiger partial charge in [0, 0.05) is 4.47 Å². The zero-order valence-corrected chi connectivity index (χ0v) is 9.82. The molecule has 1 aromatic carbocycles. The van der Waals surface area contributed by atoms with E-state index in [1.165, 1.54) is 6.26 Å². The summed E-state index contributed by atoms with van der Waals surface area (Å²) in [6.45, 7) is 2.43. The topological polar surface area (TPSA) is 46.5 Å². The second-order valence-electron chi connectivity index (χ2n) is 2.79. The first kappa shape index (κ1) is 11.8. The van der Waals surface area contributed by atoms with E-state index >= 15 is 0 Å². The normalized spacial score (nSPS) is 10.5. The monoisotopic (exact) mass is 270 g/mol. The molecule has 0 saturated carbocycles. The van der Waals surface area contributed by atoms with Gasteiger partial charge in [0.15, 0.2) is 0 Å². The molecule has 0 atom stereocenters. The average Bonchev–Trinajstić information content (AvgIpc) is 2.18. The van der Waals surface area contributed by atoms with Crippen molar-refractivity contribution >= 4 is 28.0 Å². The fourth-order valence-corrected chi connectivity index (χ4v) is 1.46. The summed E-state index contributed by atoms with van der Waals surface area (Å²) >= 11 is 3.29. The van der Waals surface area contributed by atoms with Gasteiger partial charge in [0.1, 0.15) is 0 Å². The summed E-state index contributed by atoms with van der Waals surface area (Å²) in [4.78, 5) is 10.9. The molecule has 0 bridgehead atoms. The third-order valence-corrected chi connectivity index (χ3v) is 2.25. The predicted octanol–water partition coefficient (Wildman–Crippen LogP) is 3.15. The summed E-state index contributed by atoms with van der Waals surface area (Å²) in [5.41, 5.74) is 0.875. The molecular formula is C11H11BrO3. The van der Waals surface area contributed by atoms with E-state index < -0.39 is 5.97 Å². The fraction of sp³-hybridized carbons (Fsp3) is 0.182. The Balaban J connectivity index is 3.02. The van der Waals surface area contributed by atoms with Gasteiger partial charge >= 0.3 is 5.97 Å². The lowest BCUT2D eigenvalue weighted by Crippen LogP contribution is -1.99. The molecule has 3 nitrogen and oxygen atoms in total. The number of carbonyl (C=O) groups is 1. The van der Waals surface area contributed by atoms with Crippen LogP contribution in [0.1, 0.15) is 22.8 Å². The van der Waals surface area contributed by atoms with Crippen LogP contribution >= 0.6 is 15.9 Å². The molecule has 1 N–H and O–H groups in total. The van der Waals surface area contributed by atoms with Gasteiger partial charge in [0.25, 0.3) is 0 Å². The van der Waals surface area contributed by atoms with Gasteiger partial charge in [0.2, 0.25) is 0 Å². The lowest BCUT2D eigenvalue weighted by Gasteiger charge is -2.01. The summed E-state index contributed by atoms with van der Waals surface area (Å²) in [6.07, 6.45) is 3.13. The highest BCUT2D eigenvalue weighted by atomic mass is 79.9. The number of aromatic carboxylic acids is 1. The van der Waals surface area contributed by atoms with Crippen molar-refractivity contribution in [1.82, 2.24) is 0 Å². The van der Waals surface area contributed by atoms with E-state index in [0.717, 1.165) is 4.47 Å². The third kappa shape index (κ3) is 3.40. The molecule has 0 radical (unpaired) electrons. The number of hydrogen-bond acceptors (Lipinski definition) is 2. The summed E-state index contributed by atoms with van der Waals surface area (Å²) in [7, 11) is 0. The maximum Gasteiger partial charge on any atom is 0.336 e. The van der Waals surface area contributed by atoms with Gasteiger partial charge < -0.3 is 9.84 Å². The van der Waals surface area contributed by atoms with Crippen LogP contribution in [0, 0.1) is 0 Å². The molecule has 4 heteroatoms. The third-order valence-electron chi connectivity index (χ3n) is 1.75. The van der Waals surface area contributed by atoms with E-state index in [2.05, 4.69) is 15.9 Å². The number of hydrogen-bond donors (Lipinski definition) is 1.